The second-order valence-electron chi connectivity index (χ2n) is 5.26. The van der Waals surface area contributed by atoms with Crippen LogP contribution in [-0.4, -0.2) is 24.6 Å². The van der Waals surface area contributed by atoms with Crippen molar-refractivity contribution in [1.29, 1.82) is 0 Å². The van der Waals surface area contributed by atoms with Crippen LogP contribution in [0.4, 0.5) is 32.0 Å². The van der Waals surface area contributed by atoms with E-state index in [0.29, 0.717) is 0 Å². The Labute approximate surface area is 130 Å². The van der Waals surface area contributed by atoms with E-state index in [-0.39, 0.29) is 5.69 Å². The minimum Gasteiger partial charge on any atom is -0.406 e. The Bertz CT molecular complexity index is 553. The van der Waals surface area contributed by atoms with Gasteiger partial charge >= 0.3 is 12.5 Å². The molecule has 0 heterocycles. The Morgan fingerprint density at radius 3 is 1.96 bits per heavy atom. The van der Waals surface area contributed by atoms with Crippen LogP contribution in [-0.2, 0) is 0 Å². The highest BCUT2D eigenvalue weighted by Crippen LogP contribution is 2.30. The fourth-order valence-corrected chi connectivity index (χ4v) is 1.88. The molecular weight excluding hydrogens is 324 g/mol. The molecule has 0 spiro atoms. The molecule has 0 aliphatic rings. The highest BCUT2D eigenvalue weighted by Gasteiger charge is 2.33. The Kier molecular flexibility index (Phi) is 5.46. The van der Waals surface area contributed by atoms with Crippen LogP contribution in [0.2, 0.25) is 0 Å². The van der Waals surface area contributed by atoms with Gasteiger partial charge in [-0.05, 0) is 38.1 Å². The molecule has 1 rings (SSSR count). The summed E-state index contributed by atoms with van der Waals surface area (Å²) < 4.78 is 77.4. The molecule has 2 nitrogen and oxygen atoms in total. The van der Waals surface area contributed by atoms with Crippen LogP contribution in [0.25, 0.3) is 0 Å². The predicted molar refractivity (Wildman–Crippen MR) is 74.1 cm³/mol. The first kappa shape index (κ1) is 19.0. The lowest BCUT2D eigenvalue weighted by molar-refractivity contribution is -0.274. The van der Waals surface area contributed by atoms with Gasteiger partial charge in [-0.1, -0.05) is 5.92 Å². The first-order chi connectivity index (χ1) is 10.3. The topological polar surface area (TPSA) is 12.5 Å². The molecule has 0 amide bonds. The highest BCUT2D eigenvalue weighted by atomic mass is 19.4. The summed E-state index contributed by atoms with van der Waals surface area (Å²) in [5.74, 6) is 1.91. The number of terminal acetylenes is 1. The van der Waals surface area contributed by atoms with Crippen LogP contribution in [0.15, 0.2) is 24.3 Å². The number of ether oxygens (including phenoxy) is 1. The Balaban J connectivity index is 3.01. The predicted octanol–water partition coefficient (Wildman–Crippen LogP) is 4.76. The van der Waals surface area contributed by atoms with Gasteiger partial charge in [0.2, 0.25) is 0 Å². The number of hydrogen-bond donors (Lipinski definition) is 0. The highest BCUT2D eigenvalue weighted by molar-refractivity contribution is 5.53. The Morgan fingerprint density at radius 1 is 1.04 bits per heavy atom. The van der Waals surface area contributed by atoms with Gasteiger partial charge in [-0.25, -0.2) is 0 Å². The molecular formula is C15H15F6NO. The van der Waals surface area contributed by atoms with E-state index in [9.17, 15) is 26.3 Å². The van der Waals surface area contributed by atoms with Crippen LogP contribution >= 0.6 is 0 Å². The van der Waals surface area contributed by atoms with E-state index in [0.717, 1.165) is 12.1 Å². The summed E-state index contributed by atoms with van der Waals surface area (Å²) in [7, 11) is 0. The fourth-order valence-electron chi connectivity index (χ4n) is 1.88. The molecule has 1 aromatic carbocycles. The average molecular weight is 339 g/mol. The molecule has 8 heteroatoms. The maximum Gasteiger partial charge on any atom is 0.573 e. The summed E-state index contributed by atoms with van der Waals surface area (Å²) in [5, 5.41) is 0. The molecule has 0 saturated carbocycles. The molecule has 23 heavy (non-hydrogen) atoms. The third-order valence-corrected chi connectivity index (χ3v) is 3.03. The first-order valence-electron chi connectivity index (χ1n) is 6.52. The van der Waals surface area contributed by atoms with E-state index in [1.807, 2.05) is 0 Å². The zero-order valence-corrected chi connectivity index (χ0v) is 12.4. The molecule has 0 aromatic heterocycles. The van der Waals surface area contributed by atoms with Gasteiger partial charge in [-0.3, -0.25) is 0 Å². The lowest BCUT2D eigenvalue weighted by Gasteiger charge is -2.37. The van der Waals surface area contributed by atoms with Crippen molar-refractivity contribution in [1.82, 2.24) is 0 Å². The van der Waals surface area contributed by atoms with Crippen molar-refractivity contribution in [2.45, 2.75) is 38.3 Å². The average Bonchev–Trinajstić information content (AvgIpc) is 2.37. The molecule has 0 aliphatic heterocycles. The van der Waals surface area contributed by atoms with Crippen molar-refractivity contribution in [3.63, 3.8) is 0 Å². The number of alkyl halides is 6. The number of anilines is 1. The number of benzene rings is 1. The summed E-state index contributed by atoms with van der Waals surface area (Å²) in [4.78, 5) is 1.30. The van der Waals surface area contributed by atoms with Crippen LogP contribution in [0, 0.1) is 12.3 Å². The van der Waals surface area contributed by atoms with E-state index in [1.54, 1.807) is 13.8 Å². The minimum atomic E-state index is -4.84. The largest absolute Gasteiger partial charge is 0.573 e. The van der Waals surface area contributed by atoms with Crippen molar-refractivity contribution in [2.24, 2.45) is 0 Å². The molecule has 0 fully saturated rings. The van der Waals surface area contributed by atoms with E-state index in [1.165, 1.54) is 17.0 Å². The van der Waals surface area contributed by atoms with E-state index in [4.69, 9.17) is 6.42 Å². The molecule has 0 N–H and O–H groups in total. The maximum absolute atomic E-state index is 12.5. The van der Waals surface area contributed by atoms with Gasteiger partial charge in [-0.2, -0.15) is 13.2 Å². The van der Waals surface area contributed by atoms with E-state index in [2.05, 4.69) is 10.7 Å². The zero-order chi connectivity index (χ0) is 17.9. The van der Waals surface area contributed by atoms with Gasteiger partial charge in [0.05, 0.1) is 12.0 Å². The van der Waals surface area contributed by atoms with Crippen LogP contribution in [0.1, 0.15) is 20.3 Å². The number of nitrogens with zero attached hydrogens (tertiary/aromatic N) is 1. The summed E-state index contributed by atoms with van der Waals surface area (Å²) in [6.45, 7) is 2.67. The van der Waals surface area contributed by atoms with Gasteiger partial charge in [0.15, 0.2) is 0 Å². The summed E-state index contributed by atoms with van der Waals surface area (Å²) >= 11 is 0. The van der Waals surface area contributed by atoms with Crippen molar-refractivity contribution in [3.8, 4) is 18.1 Å². The second-order valence-corrected chi connectivity index (χ2v) is 5.26. The van der Waals surface area contributed by atoms with Crippen LogP contribution < -0.4 is 9.64 Å². The molecule has 0 atom stereocenters. The number of halogens is 6. The lowest BCUT2D eigenvalue weighted by atomic mass is 10.0. The van der Waals surface area contributed by atoms with Gasteiger partial charge < -0.3 is 9.64 Å². The molecule has 0 saturated heterocycles. The maximum atomic E-state index is 12.5. The minimum absolute atomic E-state index is 0.270. The smallest absolute Gasteiger partial charge is 0.406 e. The molecule has 0 aliphatic carbocycles. The summed E-state index contributed by atoms with van der Waals surface area (Å²) in [6, 6.07) is 4.51. The molecule has 1 aromatic rings. The summed E-state index contributed by atoms with van der Waals surface area (Å²) in [5.41, 5.74) is -0.774. The second kappa shape index (κ2) is 6.60. The Hall–Kier alpha value is -2.04. The van der Waals surface area contributed by atoms with Crippen molar-refractivity contribution in [2.75, 3.05) is 11.4 Å². The number of rotatable bonds is 5. The van der Waals surface area contributed by atoms with Gasteiger partial charge in [-0.15, -0.1) is 19.6 Å². The molecule has 0 bridgehead atoms. The standard InChI is InChI=1S/C15H15F6NO/c1-4-13(2,3)22(10-9-14(16,17)18)11-5-7-12(8-6-11)23-15(19,20)21/h1,5-8H,9-10H2,2-3H3. The third kappa shape index (κ3) is 6.30. The van der Waals surface area contributed by atoms with Crippen molar-refractivity contribution >= 4 is 5.69 Å². The molecule has 0 radical (unpaired) electrons. The Morgan fingerprint density at radius 2 is 1.57 bits per heavy atom. The first-order valence-corrected chi connectivity index (χ1v) is 6.52. The summed E-state index contributed by atoms with van der Waals surface area (Å²) in [6.07, 6.45) is -4.96. The molecule has 128 valence electrons. The number of hydrogen-bond acceptors (Lipinski definition) is 2. The SMILES string of the molecule is C#CC(C)(C)N(CCC(F)(F)F)c1ccc(OC(F)(F)F)cc1. The normalized spacial score (nSPS) is 12.7. The third-order valence-electron chi connectivity index (χ3n) is 3.03. The van der Waals surface area contributed by atoms with Crippen LogP contribution in [0.5, 0.6) is 5.75 Å². The van der Waals surface area contributed by atoms with Gasteiger partial charge in [0, 0.05) is 12.2 Å². The van der Waals surface area contributed by atoms with E-state index >= 15 is 0 Å². The molecule has 0 unspecified atom stereocenters. The van der Waals surface area contributed by atoms with Crippen molar-refractivity contribution in [3.05, 3.63) is 24.3 Å². The monoisotopic (exact) mass is 339 g/mol. The van der Waals surface area contributed by atoms with E-state index < -0.39 is 36.8 Å². The quantitative estimate of drug-likeness (QED) is 0.567. The van der Waals surface area contributed by atoms with Gasteiger partial charge in [0.1, 0.15) is 5.75 Å². The van der Waals surface area contributed by atoms with Gasteiger partial charge in [0.25, 0.3) is 0 Å². The van der Waals surface area contributed by atoms with Crippen LogP contribution in [0.3, 0.4) is 0 Å². The van der Waals surface area contributed by atoms with Crippen molar-refractivity contribution < 1.29 is 31.1 Å². The zero-order valence-electron chi connectivity index (χ0n) is 12.4. The lowest BCUT2D eigenvalue weighted by Crippen LogP contribution is -2.44. The fraction of sp³-hybridized carbons (Fsp3) is 0.467.